The monoisotopic (exact) mass is 415 g/mol. The molecule has 3 aromatic rings. The summed E-state index contributed by atoms with van der Waals surface area (Å²) in [5.74, 6) is 0.811. The number of benzene rings is 3. The van der Waals surface area contributed by atoms with Crippen molar-refractivity contribution < 1.29 is 14.3 Å². The Hall–Kier alpha value is -2.69. The van der Waals surface area contributed by atoms with Crippen molar-refractivity contribution in [1.29, 1.82) is 0 Å². The Labute approximate surface area is 174 Å². The van der Waals surface area contributed by atoms with Gasteiger partial charge >= 0.3 is 0 Å². The molecule has 1 amide bonds. The zero-order chi connectivity index (χ0) is 19.9. The summed E-state index contributed by atoms with van der Waals surface area (Å²) in [4.78, 5) is 12.6. The summed E-state index contributed by atoms with van der Waals surface area (Å²) in [5, 5.41) is 3.60. The summed E-state index contributed by atoms with van der Waals surface area (Å²) in [6, 6.07) is 19.8. The van der Waals surface area contributed by atoms with E-state index in [1.165, 1.54) is 0 Å². The summed E-state index contributed by atoms with van der Waals surface area (Å²) in [6.07, 6.45) is 0. The van der Waals surface area contributed by atoms with Crippen molar-refractivity contribution in [2.45, 2.75) is 13.5 Å². The van der Waals surface area contributed by atoms with Gasteiger partial charge in [0.25, 0.3) is 5.91 Å². The van der Waals surface area contributed by atoms with Gasteiger partial charge in [0.15, 0.2) is 11.5 Å². The highest BCUT2D eigenvalue weighted by Crippen LogP contribution is 2.30. The van der Waals surface area contributed by atoms with Crippen LogP contribution in [0.1, 0.15) is 22.8 Å². The van der Waals surface area contributed by atoms with E-state index in [0.29, 0.717) is 46.0 Å². The van der Waals surface area contributed by atoms with Crippen LogP contribution >= 0.6 is 23.2 Å². The number of ether oxygens (including phenoxy) is 2. The van der Waals surface area contributed by atoms with Gasteiger partial charge in [0.05, 0.1) is 16.7 Å². The van der Waals surface area contributed by atoms with Crippen LogP contribution in [0.25, 0.3) is 0 Å². The van der Waals surface area contributed by atoms with Gasteiger partial charge in [-0.3, -0.25) is 4.79 Å². The Morgan fingerprint density at radius 3 is 2.39 bits per heavy atom. The van der Waals surface area contributed by atoms with Crippen LogP contribution in [0, 0.1) is 0 Å². The molecule has 0 fully saturated rings. The maximum Gasteiger partial charge on any atom is 0.255 e. The Kier molecular flexibility index (Phi) is 6.80. The lowest BCUT2D eigenvalue weighted by Gasteiger charge is -2.14. The smallest absolute Gasteiger partial charge is 0.255 e. The summed E-state index contributed by atoms with van der Waals surface area (Å²) in [6.45, 7) is 2.75. The molecule has 0 atom stereocenters. The van der Waals surface area contributed by atoms with Crippen LogP contribution in [0.3, 0.4) is 0 Å². The summed E-state index contributed by atoms with van der Waals surface area (Å²) in [5.41, 5.74) is 2.05. The topological polar surface area (TPSA) is 47.6 Å². The van der Waals surface area contributed by atoms with Gasteiger partial charge < -0.3 is 14.8 Å². The molecule has 0 spiro atoms. The molecule has 0 aromatic heterocycles. The van der Waals surface area contributed by atoms with E-state index in [9.17, 15) is 4.79 Å². The second kappa shape index (κ2) is 9.49. The van der Waals surface area contributed by atoms with Crippen molar-refractivity contribution in [3.05, 3.63) is 87.9 Å². The molecular weight excluding hydrogens is 397 g/mol. The lowest BCUT2D eigenvalue weighted by atomic mass is 10.1. The molecular formula is C22H19Cl2NO3. The van der Waals surface area contributed by atoms with Crippen LogP contribution in [0.2, 0.25) is 10.0 Å². The van der Waals surface area contributed by atoms with Crippen molar-refractivity contribution in [2.75, 3.05) is 11.9 Å². The van der Waals surface area contributed by atoms with Crippen LogP contribution in [-0.4, -0.2) is 12.5 Å². The number of hydrogen-bond acceptors (Lipinski definition) is 3. The third kappa shape index (κ3) is 5.18. The Morgan fingerprint density at radius 1 is 0.893 bits per heavy atom. The minimum absolute atomic E-state index is 0.283. The molecule has 0 heterocycles. The van der Waals surface area contributed by atoms with Crippen LogP contribution < -0.4 is 14.8 Å². The molecule has 144 valence electrons. The molecule has 0 aliphatic carbocycles. The van der Waals surface area contributed by atoms with Crippen molar-refractivity contribution in [1.82, 2.24) is 0 Å². The molecule has 0 aliphatic rings. The Morgan fingerprint density at radius 2 is 1.68 bits per heavy atom. The van der Waals surface area contributed by atoms with Gasteiger partial charge in [0.2, 0.25) is 0 Å². The second-order valence-electron chi connectivity index (χ2n) is 5.95. The minimum Gasteiger partial charge on any atom is -0.490 e. The molecule has 0 saturated heterocycles. The molecule has 4 nitrogen and oxygen atoms in total. The highest BCUT2D eigenvalue weighted by molar-refractivity contribution is 6.42. The van der Waals surface area contributed by atoms with E-state index in [4.69, 9.17) is 32.7 Å². The second-order valence-corrected chi connectivity index (χ2v) is 6.77. The van der Waals surface area contributed by atoms with E-state index in [1.54, 1.807) is 36.4 Å². The molecule has 28 heavy (non-hydrogen) atoms. The fourth-order valence-electron chi connectivity index (χ4n) is 2.55. The highest BCUT2D eigenvalue weighted by atomic mass is 35.5. The number of nitrogens with one attached hydrogen (secondary N) is 1. The third-order valence-corrected chi connectivity index (χ3v) is 4.66. The molecule has 3 rings (SSSR count). The van der Waals surface area contributed by atoms with Crippen LogP contribution in [0.15, 0.2) is 66.7 Å². The standard InChI is InChI=1S/C22H19Cl2NO3/c1-2-27-21-12-16(22(26)25-17-9-10-18(23)19(24)13-17)8-11-20(21)28-14-15-6-4-3-5-7-15/h3-13H,2,14H2,1H3,(H,25,26). The fraction of sp³-hybridized carbons (Fsp3) is 0.136. The lowest BCUT2D eigenvalue weighted by Crippen LogP contribution is -2.12. The maximum absolute atomic E-state index is 12.6. The predicted octanol–water partition coefficient (Wildman–Crippen LogP) is 6.22. The van der Waals surface area contributed by atoms with E-state index in [0.717, 1.165) is 5.56 Å². The summed E-state index contributed by atoms with van der Waals surface area (Å²) >= 11 is 11.9. The van der Waals surface area contributed by atoms with Gasteiger partial charge in [-0.2, -0.15) is 0 Å². The van der Waals surface area contributed by atoms with E-state index < -0.39 is 0 Å². The van der Waals surface area contributed by atoms with E-state index in [1.807, 2.05) is 37.3 Å². The normalized spacial score (nSPS) is 10.4. The average molecular weight is 416 g/mol. The van der Waals surface area contributed by atoms with Gasteiger partial charge in [0.1, 0.15) is 6.61 Å². The SMILES string of the molecule is CCOc1cc(C(=O)Nc2ccc(Cl)c(Cl)c2)ccc1OCc1ccccc1. The van der Waals surface area contributed by atoms with Gasteiger partial charge in [-0.05, 0) is 48.9 Å². The quantitative estimate of drug-likeness (QED) is 0.497. The van der Waals surface area contributed by atoms with Crippen LogP contribution in [0.4, 0.5) is 5.69 Å². The molecule has 1 N–H and O–H groups in total. The van der Waals surface area contributed by atoms with E-state index in [-0.39, 0.29) is 5.91 Å². The van der Waals surface area contributed by atoms with Crippen molar-refractivity contribution >= 4 is 34.8 Å². The minimum atomic E-state index is -0.283. The molecule has 0 unspecified atom stereocenters. The summed E-state index contributed by atoms with van der Waals surface area (Å²) in [7, 11) is 0. The van der Waals surface area contributed by atoms with Gasteiger partial charge in [-0.25, -0.2) is 0 Å². The van der Waals surface area contributed by atoms with Crippen molar-refractivity contribution in [2.24, 2.45) is 0 Å². The molecule has 0 bridgehead atoms. The number of amides is 1. The fourth-order valence-corrected chi connectivity index (χ4v) is 2.85. The van der Waals surface area contributed by atoms with Gasteiger partial charge in [-0.1, -0.05) is 53.5 Å². The number of carbonyl (C=O) groups is 1. The average Bonchev–Trinajstić information content (AvgIpc) is 2.71. The van der Waals surface area contributed by atoms with Crippen LogP contribution in [0.5, 0.6) is 11.5 Å². The Bertz CT molecular complexity index is 961. The number of anilines is 1. The zero-order valence-corrected chi connectivity index (χ0v) is 16.8. The highest BCUT2D eigenvalue weighted by Gasteiger charge is 2.13. The largest absolute Gasteiger partial charge is 0.490 e. The first-order chi connectivity index (χ1) is 13.6. The summed E-state index contributed by atoms with van der Waals surface area (Å²) < 4.78 is 11.5. The van der Waals surface area contributed by atoms with Crippen LogP contribution in [-0.2, 0) is 6.61 Å². The van der Waals surface area contributed by atoms with E-state index >= 15 is 0 Å². The first-order valence-corrected chi connectivity index (χ1v) is 9.52. The van der Waals surface area contributed by atoms with Crippen molar-refractivity contribution in [3.8, 4) is 11.5 Å². The van der Waals surface area contributed by atoms with Gasteiger partial charge in [0, 0.05) is 11.3 Å². The predicted molar refractivity (Wildman–Crippen MR) is 113 cm³/mol. The molecule has 0 radical (unpaired) electrons. The molecule has 0 saturated carbocycles. The zero-order valence-electron chi connectivity index (χ0n) is 15.2. The maximum atomic E-state index is 12.6. The number of carbonyl (C=O) groups excluding carboxylic acids is 1. The van der Waals surface area contributed by atoms with E-state index in [2.05, 4.69) is 5.32 Å². The Balaban J connectivity index is 1.75. The molecule has 6 heteroatoms. The van der Waals surface area contributed by atoms with Gasteiger partial charge in [-0.15, -0.1) is 0 Å². The third-order valence-electron chi connectivity index (χ3n) is 3.92. The molecule has 3 aromatic carbocycles. The number of halogens is 2. The number of rotatable bonds is 7. The first-order valence-electron chi connectivity index (χ1n) is 8.77. The lowest BCUT2D eigenvalue weighted by molar-refractivity contribution is 0.102. The number of hydrogen-bond donors (Lipinski definition) is 1. The first kappa shape index (κ1) is 20.1. The van der Waals surface area contributed by atoms with Crippen molar-refractivity contribution in [3.63, 3.8) is 0 Å². The molecule has 0 aliphatic heterocycles.